The highest BCUT2D eigenvalue weighted by molar-refractivity contribution is 6.30. The number of rotatable bonds is 4. The number of ether oxygens (including phenoxy) is 1. The number of carbonyl (C=O) groups is 2. The lowest BCUT2D eigenvalue weighted by atomic mass is 10.1. The molecule has 0 aliphatic carbocycles. The molecule has 0 bridgehead atoms. The quantitative estimate of drug-likeness (QED) is 0.835. The zero-order valence-corrected chi connectivity index (χ0v) is 14.5. The highest BCUT2D eigenvalue weighted by Gasteiger charge is 2.17. The van der Waals surface area contributed by atoms with Gasteiger partial charge in [0.05, 0.1) is 0 Å². The SMILES string of the molecule is Cc1cccc(O[C@H](C)C(=O)NNC(=O)c2cccc(Cl)c2)c1C. The Labute approximate surface area is 145 Å². The van der Waals surface area contributed by atoms with Crippen LogP contribution in [0.1, 0.15) is 28.4 Å². The molecular formula is C18H19ClN2O3. The Hall–Kier alpha value is -2.53. The number of hydrogen-bond donors (Lipinski definition) is 2. The van der Waals surface area contributed by atoms with Gasteiger partial charge in [-0.25, -0.2) is 0 Å². The summed E-state index contributed by atoms with van der Waals surface area (Å²) < 4.78 is 5.66. The maximum absolute atomic E-state index is 12.1. The molecule has 0 radical (unpaired) electrons. The van der Waals surface area contributed by atoms with Crippen LogP contribution >= 0.6 is 11.6 Å². The van der Waals surface area contributed by atoms with Crippen LogP contribution in [0, 0.1) is 13.8 Å². The number of amides is 2. The first-order chi connectivity index (χ1) is 11.4. The summed E-state index contributed by atoms with van der Waals surface area (Å²) in [6, 6.07) is 12.1. The van der Waals surface area contributed by atoms with Crippen LogP contribution < -0.4 is 15.6 Å². The van der Waals surface area contributed by atoms with E-state index in [2.05, 4.69) is 10.9 Å². The second kappa shape index (κ2) is 7.84. The van der Waals surface area contributed by atoms with Gasteiger partial charge < -0.3 is 4.74 Å². The first-order valence-corrected chi connectivity index (χ1v) is 7.85. The molecule has 126 valence electrons. The molecule has 0 aliphatic heterocycles. The highest BCUT2D eigenvalue weighted by atomic mass is 35.5. The zero-order chi connectivity index (χ0) is 17.7. The molecule has 0 spiro atoms. The van der Waals surface area contributed by atoms with Gasteiger partial charge in [-0.05, 0) is 56.2 Å². The van der Waals surface area contributed by atoms with Gasteiger partial charge in [0.25, 0.3) is 11.8 Å². The van der Waals surface area contributed by atoms with Crippen molar-refractivity contribution in [1.82, 2.24) is 10.9 Å². The minimum atomic E-state index is -0.759. The summed E-state index contributed by atoms with van der Waals surface area (Å²) in [5.41, 5.74) is 7.09. The molecule has 0 aliphatic rings. The van der Waals surface area contributed by atoms with Crippen LogP contribution in [0.3, 0.4) is 0 Å². The second-order valence-corrected chi connectivity index (χ2v) is 5.85. The van der Waals surface area contributed by atoms with Crippen molar-refractivity contribution in [2.75, 3.05) is 0 Å². The van der Waals surface area contributed by atoms with Gasteiger partial charge in [0.2, 0.25) is 0 Å². The average Bonchev–Trinajstić information content (AvgIpc) is 2.56. The van der Waals surface area contributed by atoms with Gasteiger partial charge in [-0.1, -0.05) is 29.8 Å². The van der Waals surface area contributed by atoms with Crippen molar-refractivity contribution in [3.8, 4) is 5.75 Å². The van der Waals surface area contributed by atoms with Crippen LogP contribution in [0.15, 0.2) is 42.5 Å². The summed E-state index contributed by atoms with van der Waals surface area (Å²) in [6.07, 6.45) is -0.759. The summed E-state index contributed by atoms with van der Waals surface area (Å²) in [6.45, 7) is 5.51. The van der Waals surface area contributed by atoms with Gasteiger partial charge in [-0.3, -0.25) is 20.4 Å². The normalized spacial score (nSPS) is 11.5. The summed E-state index contributed by atoms with van der Waals surface area (Å²) in [7, 11) is 0. The molecule has 2 rings (SSSR count). The van der Waals surface area contributed by atoms with E-state index >= 15 is 0 Å². The summed E-state index contributed by atoms with van der Waals surface area (Å²) in [4.78, 5) is 24.0. The number of hydrogen-bond acceptors (Lipinski definition) is 3. The largest absolute Gasteiger partial charge is 0.481 e. The van der Waals surface area contributed by atoms with Crippen LogP contribution in [0.5, 0.6) is 5.75 Å². The van der Waals surface area contributed by atoms with Crippen LogP contribution in [0.25, 0.3) is 0 Å². The van der Waals surface area contributed by atoms with Crippen molar-refractivity contribution in [2.45, 2.75) is 26.9 Å². The Morgan fingerprint density at radius 2 is 1.79 bits per heavy atom. The summed E-state index contributed by atoms with van der Waals surface area (Å²) >= 11 is 5.83. The fraction of sp³-hybridized carbons (Fsp3) is 0.222. The third kappa shape index (κ3) is 4.49. The van der Waals surface area contributed by atoms with E-state index in [1.165, 1.54) is 6.07 Å². The molecule has 2 amide bonds. The van der Waals surface area contributed by atoms with E-state index in [-0.39, 0.29) is 0 Å². The Kier molecular flexibility index (Phi) is 5.82. The Morgan fingerprint density at radius 1 is 1.08 bits per heavy atom. The van der Waals surface area contributed by atoms with E-state index in [0.717, 1.165) is 11.1 Å². The van der Waals surface area contributed by atoms with Gasteiger partial charge in [-0.2, -0.15) is 0 Å². The Balaban J connectivity index is 1.92. The van der Waals surface area contributed by atoms with E-state index in [1.807, 2.05) is 26.0 Å². The minimum absolute atomic E-state index is 0.353. The predicted molar refractivity (Wildman–Crippen MR) is 93.1 cm³/mol. The van der Waals surface area contributed by atoms with E-state index in [4.69, 9.17) is 16.3 Å². The van der Waals surface area contributed by atoms with E-state index in [0.29, 0.717) is 16.3 Å². The first-order valence-electron chi connectivity index (χ1n) is 7.47. The molecule has 5 nitrogen and oxygen atoms in total. The van der Waals surface area contributed by atoms with Crippen molar-refractivity contribution in [3.05, 3.63) is 64.2 Å². The molecule has 2 aromatic carbocycles. The first kappa shape index (κ1) is 17.8. The van der Waals surface area contributed by atoms with Crippen LogP contribution in [0.4, 0.5) is 0 Å². The van der Waals surface area contributed by atoms with Crippen molar-refractivity contribution >= 4 is 23.4 Å². The van der Waals surface area contributed by atoms with Crippen molar-refractivity contribution in [3.63, 3.8) is 0 Å². The smallest absolute Gasteiger partial charge is 0.279 e. The molecule has 0 heterocycles. The fourth-order valence-corrected chi connectivity index (χ4v) is 2.21. The number of carbonyl (C=O) groups excluding carboxylic acids is 2. The second-order valence-electron chi connectivity index (χ2n) is 5.41. The number of halogens is 1. The van der Waals surface area contributed by atoms with Crippen LogP contribution in [0.2, 0.25) is 5.02 Å². The third-order valence-corrected chi connectivity index (χ3v) is 3.85. The Bertz CT molecular complexity index is 762. The molecule has 24 heavy (non-hydrogen) atoms. The third-order valence-electron chi connectivity index (χ3n) is 3.61. The van der Waals surface area contributed by atoms with Gasteiger partial charge in [0.15, 0.2) is 6.10 Å². The van der Waals surface area contributed by atoms with Gasteiger partial charge in [0.1, 0.15) is 5.75 Å². The van der Waals surface area contributed by atoms with Crippen molar-refractivity contribution in [2.24, 2.45) is 0 Å². The van der Waals surface area contributed by atoms with E-state index < -0.39 is 17.9 Å². The van der Waals surface area contributed by atoms with Gasteiger partial charge in [-0.15, -0.1) is 0 Å². The molecule has 2 N–H and O–H groups in total. The fourth-order valence-electron chi connectivity index (χ4n) is 2.02. The number of benzene rings is 2. The molecule has 0 fully saturated rings. The topological polar surface area (TPSA) is 67.4 Å². The van der Waals surface area contributed by atoms with Crippen LogP contribution in [-0.4, -0.2) is 17.9 Å². The average molecular weight is 347 g/mol. The standard InChI is InChI=1S/C18H19ClN2O3/c1-11-6-4-9-16(12(11)2)24-13(3)17(22)20-21-18(23)14-7-5-8-15(19)10-14/h4-10,13H,1-3H3,(H,20,22)(H,21,23)/t13-/m1/s1. The summed E-state index contributed by atoms with van der Waals surface area (Å²) in [5.74, 6) is -0.269. The maximum Gasteiger partial charge on any atom is 0.279 e. The van der Waals surface area contributed by atoms with E-state index in [1.54, 1.807) is 31.2 Å². The monoisotopic (exact) mass is 346 g/mol. The molecule has 0 saturated heterocycles. The summed E-state index contributed by atoms with van der Waals surface area (Å²) in [5, 5.41) is 0.445. The molecule has 2 aromatic rings. The van der Waals surface area contributed by atoms with Gasteiger partial charge in [0, 0.05) is 10.6 Å². The van der Waals surface area contributed by atoms with E-state index in [9.17, 15) is 9.59 Å². The molecule has 0 aromatic heterocycles. The lowest BCUT2D eigenvalue weighted by Gasteiger charge is -2.17. The zero-order valence-electron chi connectivity index (χ0n) is 13.7. The lowest BCUT2D eigenvalue weighted by Crippen LogP contribution is -2.47. The lowest BCUT2D eigenvalue weighted by molar-refractivity contribution is -0.128. The molecule has 0 saturated carbocycles. The minimum Gasteiger partial charge on any atom is -0.481 e. The highest BCUT2D eigenvalue weighted by Crippen LogP contribution is 2.21. The Morgan fingerprint density at radius 3 is 2.50 bits per heavy atom. The van der Waals surface area contributed by atoms with Crippen molar-refractivity contribution < 1.29 is 14.3 Å². The van der Waals surface area contributed by atoms with Crippen LogP contribution in [-0.2, 0) is 4.79 Å². The van der Waals surface area contributed by atoms with Crippen molar-refractivity contribution in [1.29, 1.82) is 0 Å². The van der Waals surface area contributed by atoms with Gasteiger partial charge >= 0.3 is 0 Å². The number of aryl methyl sites for hydroxylation is 1. The molecule has 6 heteroatoms. The number of hydrazine groups is 1. The molecule has 0 unspecified atom stereocenters. The maximum atomic E-state index is 12.1. The molecule has 1 atom stereocenters. The molecular weight excluding hydrogens is 328 g/mol. The predicted octanol–water partition coefficient (Wildman–Crippen LogP) is 3.19. The number of nitrogens with one attached hydrogen (secondary N) is 2.